The smallest absolute Gasteiger partial charge is 0.339 e. The SMILES string of the molecule is CC(OC(=O)c1ccccc1CCN)c1ccccc1. The maximum Gasteiger partial charge on any atom is 0.339 e. The first kappa shape index (κ1) is 14.3. The zero-order valence-corrected chi connectivity index (χ0v) is 11.6. The van der Waals surface area contributed by atoms with E-state index >= 15 is 0 Å². The predicted octanol–water partition coefficient (Wildman–Crippen LogP) is 3.11. The van der Waals surface area contributed by atoms with Crippen LogP contribution in [-0.4, -0.2) is 12.5 Å². The van der Waals surface area contributed by atoms with Crippen molar-refractivity contribution < 1.29 is 9.53 Å². The van der Waals surface area contributed by atoms with Gasteiger partial charge in [-0.25, -0.2) is 4.79 Å². The van der Waals surface area contributed by atoms with Crippen molar-refractivity contribution in [1.82, 2.24) is 0 Å². The highest BCUT2D eigenvalue weighted by molar-refractivity contribution is 5.91. The minimum absolute atomic E-state index is 0.269. The summed E-state index contributed by atoms with van der Waals surface area (Å²) in [6, 6.07) is 17.1. The fourth-order valence-corrected chi connectivity index (χ4v) is 2.11. The number of hydrogen-bond acceptors (Lipinski definition) is 3. The van der Waals surface area contributed by atoms with Gasteiger partial charge in [0.15, 0.2) is 0 Å². The molecule has 3 heteroatoms. The van der Waals surface area contributed by atoms with Crippen molar-refractivity contribution in [3.8, 4) is 0 Å². The van der Waals surface area contributed by atoms with Crippen LogP contribution in [0.4, 0.5) is 0 Å². The molecule has 2 aromatic carbocycles. The fraction of sp³-hybridized carbons (Fsp3) is 0.235. The van der Waals surface area contributed by atoms with Gasteiger partial charge in [0, 0.05) is 0 Å². The molecule has 104 valence electrons. The maximum atomic E-state index is 12.3. The fourth-order valence-electron chi connectivity index (χ4n) is 2.11. The van der Waals surface area contributed by atoms with Crippen molar-refractivity contribution >= 4 is 5.97 Å². The van der Waals surface area contributed by atoms with Gasteiger partial charge in [0.1, 0.15) is 6.10 Å². The van der Waals surface area contributed by atoms with Gasteiger partial charge in [-0.1, -0.05) is 48.5 Å². The van der Waals surface area contributed by atoms with Crippen LogP contribution in [-0.2, 0) is 11.2 Å². The Balaban J connectivity index is 2.12. The molecule has 0 saturated heterocycles. The van der Waals surface area contributed by atoms with E-state index in [-0.39, 0.29) is 12.1 Å². The van der Waals surface area contributed by atoms with E-state index in [1.165, 1.54) is 0 Å². The second-order valence-corrected chi connectivity index (χ2v) is 4.65. The zero-order valence-electron chi connectivity index (χ0n) is 11.6. The van der Waals surface area contributed by atoms with Gasteiger partial charge in [-0.3, -0.25) is 0 Å². The summed E-state index contributed by atoms with van der Waals surface area (Å²) in [5.74, 6) is -0.301. The number of ether oxygens (including phenoxy) is 1. The summed E-state index contributed by atoms with van der Waals surface area (Å²) >= 11 is 0. The summed E-state index contributed by atoms with van der Waals surface area (Å²) in [5, 5.41) is 0. The molecule has 0 bridgehead atoms. The Hall–Kier alpha value is -2.13. The monoisotopic (exact) mass is 269 g/mol. The van der Waals surface area contributed by atoms with Crippen LogP contribution in [0.3, 0.4) is 0 Å². The first-order chi connectivity index (χ1) is 9.72. The molecule has 0 amide bonds. The van der Waals surface area contributed by atoms with Crippen LogP contribution in [0.1, 0.15) is 34.5 Å². The van der Waals surface area contributed by atoms with Crippen LogP contribution in [0.2, 0.25) is 0 Å². The van der Waals surface area contributed by atoms with Gasteiger partial charge in [-0.05, 0) is 37.1 Å². The quantitative estimate of drug-likeness (QED) is 0.848. The zero-order chi connectivity index (χ0) is 14.4. The van der Waals surface area contributed by atoms with E-state index in [2.05, 4.69) is 0 Å². The van der Waals surface area contributed by atoms with Crippen LogP contribution < -0.4 is 5.73 Å². The second kappa shape index (κ2) is 6.87. The van der Waals surface area contributed by atoms with Crippen molar-refractivity contribution in [3.63, 3.8) is 0 Å². The average Bonchev–Trinajstić information content (AvgIpc) is 2.49. The number of esters is 1. The van der Waals surface area contributed by atoms with E-state index in [1.54, 1.807) is 6.07 Å². The lowest BCUT2D eigenvalue weighted by molar-refractivity contribution is 0.0336. The largest absolute Gasteiger partial charge is 0.454 e. The topological polar surface area (TPSA) is 52.3 Å². The molecule has 3 nitrogen and oxygen atoms in total. The minimum atomic E-state index is -0.301. The number of nitrogens with two attached hydrogens (primary N) is 1. The van der Waals surface area contributed by atoms with Crippen molar-refractivity contribution in [2.75, 3.05) is 6.54 Å². The summed E-state index contributed by atoms with van der Waals surface area (Å²) in [4.78, 5) is 12.3. The molecule has 0 aliphatic carbocycles. The third-order valence-electron chi connectivity index (χ3n) is 3.20. The molecule has 2 N–H and O–H groups in total. The van der Waals surface area contributed by atoms with Crippen molar-refractivity contribution in [1.29, 1.82) is 0 Å². The molecule has 0 fully saturated rings. The Morgan fingerprint density at radius 1 is 1.10 bits per heavy atom. The Labute approximate surface area is 119 Å². The van der Waals surface area contributed by atoms with Gasteiger partial charge < -0.3 is 10.5 Å². The Kier molecular flexibility index (Phi) is 4.91. The highest BCUT2D eigenvalue weighted by Crippen LogP contribution is 2.19. The van der Waals surface area contributed by atoms with E-state index in [1.807, 2.05) is 55.5 Å². The average molecular weight is 269 g/mol. The molecule has 0 saturated carbocycles. The molecule has 0 aliphatic rings. The molecule has 0 spiro atoms. The molecule has 0 aliphatic heterocycles. The van der Waals surface area contributed by atoms with Crippen molar-refractivity contribution in [2.45, 2.75) is 19.4 Å². The molecule has 0 radical (unpaired) electrons. The third-order valence-corrected chi connectivity index (χ3v) is 3.20. The summed E-state index contributed by atoms with van der Waals surface area (Å²) in [5.41, 5.74) is 8.08. The number of rotatable bonds is 5. The standard InChI is InChI=1S/C17H19NO2/c1-13(14-7-3-2-4-8-14)20-17(19)16-10-6-5-9-15(16)11-12-18/h2-10,13H,11-12,18H2,1H3. The maximum absolute atomic E-state index is 12.3. The highest BCUT2D eigenvalue weighted by Gasteiger charge is 2.16. The molecule has 0 heterocycles. The molecular weight excluding hydrogens is 250 g/mol. The highest BCUT2D eigenvalue weighted by atomic mass is 16.5. The van der Waals surface area contributed by atoms with E-state index < -0.39 is 0 Å². The second-order valence-electron chi connectivity index (χ2n) is 4.65. The van der Waals surface area contributed by atoms with Crippen molar-refractivity contribution in [3.05, 3.63) is 71.3 Å². The van der Waals surface area contributed by atoms with Gasteiger partial charge in [0.05, 0.1) is 5.56 Å². The third kappa shape index (κ3) is 3.45. The normalized spacial score (nSPS) is 11.9. The van der Waals surface area contributed by atoms with Crippen molar-refractivity contribution in [2.24, 2.45) is 5.73 Å². The number of benzene rings is 2. The molecule has 1 unspecified atom stereocenters. The van der Waals surface area contributed by atoms with Gasteiger partial charge in [-0.15, -0.1) is 0 Å². The first-order valence-corrected chi connectivity index (χ1v) is 6.76. The van der Waals surface area contributed by atoms with E-state index in [9.17, 15) is 4.79 Å². The van der Waals surface area contributed by atoms with Gasteiger partial charge in [-0.2, -0.15) is 0 Å². The van der Waals surface area contributed by atoms with Crippen LogP contribution in [0, 0.1) is 0 Å². The molecule has 20 heavy (non-hydrogen) atoms. The van der Waals surface area contributed by atoms with E-state index in [0.717, 1.165) is 11.1 Å². The minimum Gasteiger partial charge on any atom is -0.454 e. The molecule has 2 aromatic rings. The van der Waals surface area contributed by atoms with Crippen LogP contribution in [0.5, 0.6) is 0 Å². The lowest BCUT2D eigenvalue weighted by Crippen LogP contribution is -2.13. The predicted molar refractivity (Wildman–Crippen MR) is 79.5 cm³/mol. The van der Waals surface area contributed by atoms with E-state index in [0.29, 0.717) is 18.5 Å². The first-order valence-electron chi connectivity index (χ1n) is 6.76. The Morgan fingerprint density at radius 2 is 1.75 bits per heavy atom. The summed E-state index contributed by atoms with van der Waals surface area (Å²) in [6.45, 7) is 2.39. The molecule has 1 atom stereocenters. The van der Waals surface area contributed by atoms with Crippen LogP contribution in [0.15, 0.2) is 54.6 Å². The van der Waals surface area contributed by atoms with Gasteiger partial charge in [0.2, 0.25) is 0 Å². The van der Waals surface area contributed by atoms with E-state index in [4.69, 9.17) is 10.5 Å². The lowest BCUT2D eigenvalue weighted by Gasteiger charge is -2.15. The van der Waals surface area contributed by atoms with Gasteiger partial charge in [0.25, 0.3) is 0 Å². The lowest BCUT2D eigenvalue weighted by atomic mass is 10.0. The van der Waals surface area contributed by atoms with Crippen LogP contribution >= 0.6 is 0 Å². The molecular formula is C17H19NO2. The number of carbonyl (C=O) groups excluding carboxylic acids is 1. The summed E-state index contributed by atoms with van der Waals surface area (Å²) in [6.07, 6.45) is 0.403. The van der Waals surface area contributed by atoms with Crippen LogP contribution in [0.25, 0.3) is 0 Å². The molecule has 0 aromatic heterocycles. The number of hydrogen-bond donors (Lipinski definition) is 1. The number of carbonyl (C=O) groups is 1. The Morgan fingerprint density at radius 3 is 2.45 bits per heavy atom. The molecule has 2 rings (SSSR count). The van der Waals surface area contributed by atoms with Gasteiger partial charge >= 0.3 is 5.97 Å². The summed E-state index contributed by atoms with van der Waals surface area (Å²) < 4.78 is 5.53. The Bertz CT molecular complexity index is 566. The summed E-state index contributed by atoms with van der Waals surface area (Å²) in [7, 11) is 0.